The number of halogens is 3. The normalized spacial score (nSPS) is 21.3. The van der Waals surface area contributed by atoms with Gasteiger partial charge in [-0.1, -0.05) is 19.1 Å². The number of rotatable bonds is 5. The third-order valence-electron chi connectivity index (χ3n) is 5.34. The number of benzene rings is 1. The van der Waals surface area contributed by atoms with Crippen LogP contribution in [0.15, 0.2) is 24.3 Å². The minimum atomic E-state index is -4.69. The van der Waals surface area contributed by atoms with Gasteiger partial charge in [-0.2, -0.15) is 13.2 Å². The van der Waals surface area contributed by atoms with E-state index in [2.05, 4.69) is 0 Å². The summed E-state index contributed by atoms with van der Waals surface area (Å²) in [6.45, 7) is 7.66. The molecule has 0 radical (unpaired) electrons. The van der Waals surface area contributed by atoms with Gasteiger partial charge < -0.3 is 14.0 Å². The number of hydrogen-bond acceptors (Lipinski definition) is 4. The van der Waals surface area contributed by atoms with Crippen molar-refractivity contribution in [2.75, 3.05) is 7.11 Å². The standard InChI is InChI=1S/C18H24BF3O4/c1-15(2)16(3,4)26-19(25-15)17(5,18(20,21)22)11-14(23)12-8-7-9-13(10-12)24-6/h7-10H,11H2,1-6H3/t17-/m0/s1. The third-order valence-corrected chi connectivity index (χ3v) is 5.34. The lowest BCUT2D eigenvalue weighted by atomic mass is 9.55. The van der Waals surface area contributed by atoms with Crippen LogP contribution < -0.4 is 4.74 Å². The van der Waals surface area contributed by atoms with Crippen LogP contribution in [0.5, 0.6) is 5.75 Å². The summed E-state index contributed by atoms with van der Waals surface area (Å²) in [5.74, 6) is -0.251. The van der Waals surface area contributed by atoms with Gasteiger partial charge in [0.25, 0.3) is 0 Å². The monoisotopic (exact) mass is 372 g/mol. The molecule has 1 saturated heterocycles. The van der Waals surface area contributed by atoms with Gasteiger partial charge in [0.1, 0.15) is 11.1 Å². The molecule has 1 aliphatic heterocycles. The number of carbonyl (C=O) groups excluding carboxylic acids is 1. The molecule has 1 aliphatic rings. The molecule has 1 aromatic carbocycles. The van der Waals surface area contributed by atoms with E-state index in [4.69, 9.17) is 14.0 Å². The Bertz CT molecular complexity index is 671. The van der Waals surface area contributed by atoms with Crippen LogP contribution in [0.1, 0.15) is 51.4 Å². The van der Waals surface area contributed by atoms with Gasteiger partial charge >= 0.3 is 13.3 Å². The van der Waals surface area contributed by atoms with E-state index < -0.39 is 42.0 Å². The number of Topliss-reactive ketones (excluding diaryl/α,β-unsaturated/α-hetero) is 1. The quantitative estimate of drug-likeness (QED) is 0.556. The molecule has 0 saturated carbocycles. The maximum absolute atomic E-state index is 13.9. The second-order valence-corrected chi connectivity index (χ2v) is 7.84. The van der Waals surface area contributed by atoms with Gasteiger partial charge in [-0.3, -0.25) is 4.79 Å². The van der Waals surface area contributed by atoms with Crippen molar-refractivity contribution in [3.8, 4) is 5.75 Å². The molecule has 1 atom stereocenters. The first-order chi connectivity index (χ1) is 11.7. The molecular formula is C18H24BF3O4. The third kappa shape index (κ3) is 3.62. The van der Waals surface area contributed by atoms with E-state index in [0.717, 1.165) is 6.92 Å². The van der Waals surface area contributed by atoms with Crippen LogP contribution >= 0.6 is 0 Å². The van der Waals surface area contributed by atoms with Crippen molar-refractivity contribution in [1.82, 2.24) is 0 Å². The molecular weight excluding hydrogens is 348 g/mol. The van der Waals surface area contributed by atoms with Crippen molar-refractivity contribution in [3.63, 3.8) is 0 Å². The maximum Gasteiger partial charge on any atom is 0.474 e. The number of hydrogen-bond donors (Lipinski definition) is 0. The van der Waals surface area contributed by atoms with Crippen molar-refractivity contribution in [1.29, 1.82) is 0 Å². The van der Waals surface area contributed by atoms with Gasteiger partial charge in [-0.15, -0.1) is 0 Å². The summed E-state index contributed by atoms with van der Waals surface area (Å²) in [6.07, 6.45) is -5.48. The number of alkyl halides is 3. The molecule has 1 fully saturated rings. The molecule has 0 N–H and O–H groups in total. The highest BCUT2D eigenvalue weighted by atomic mass is 19.4. The molecule has 0 aromatic heterocycles. The van der Waals surface area contributed by atoms with E-state index in [1.54, 1.807) is 39.8 Å². The summed E-state index contributed by atoms with van der Waals surface area (Å²) < 4.78 is 58.1. The Morgan fingerprint density at radius 2 is 1.69 bits per heavy atom. The zero-order valence-electron chi connectivity index (χ0n) is 15.9. The predicted molar refractivity (Wildman–Crippen MR) is 92.4 cm³/mol. The zero-order valence-corrected chi connectivity index (χ0v) is 15.9. The SMILES string of the molecule is COc1cccc(C(=O)C[C@](C)(B2OC(C)(C)C(C)(C)O2)C(F)(F)F)c1. The molecule has 1 aromatic rings. The smallest absolute Gasteiger partial charge is 0.474 e. The lowest BCUT2D eigenvalue weighted by Gasteiger charge is -2.33. The zero-order chi connectivity index (χ0) is 20.0. The molecule has 2 rings (SSSR count). The van der Waals surface area contributed by atoms with Crippen LogP contribution in [0.3, 0.4) is 0 Å². The summed E-state index contributed by atoms with van der Waals surface area (Å²) in [7, 11) is -0.157. The summed E-state index contributed by atoms with van der Waals surface area (Å²) >= 11 is 0. The highest BCUT2D eigenvalue weighted by Gasteiger charge is 2.67. The van der Waals surface area contributed by atoms with Crippen molar-refractivity contribution >= 4 is 12.9 Å². The Balaban J connectivity index is 2.35. The van der Waals surface area contributed by atoms with E-state index in [-0.39, 0.29) is 5.56 Å². The largest absolute Gasteiger partial charge is 0.497 e. The van der Waals surface area contributed by atoms with E-state index in [9.17, 15) is 18.0 Å². The molecule has 1 heterocycles. The minimum absolute atomic E-state index is 0.149. The van der Waals surface area contributed by atoms with Gasteiger partial charge in [-0.25, -0.2) is 0 Å². The Morgan fingerprint density at radius 1 is 1.15 bits per heavy atom. The molecule has 0 aliphatic carbocycles. The number of methoxy groups -OCH3 is 1. The summed E-state index contributed by atoms with van der Waals surface area (Å²) in [6, 6.07) is 6.06. The van der Waals surface area contributed by atoms with E-state index in [1.165, 1.54) is 19.2 Å². The first-order valence-corrected chi connectivity index (χ1v) is 8.33. The number of carbonyl (C=O) groups is 1. The fraction of sp³-hybridized carbons (Fsp3) is 0.611. The second kappa shape index (κ2) is 6.57. The first-order valence-electron chi connectivity index (χ1n) is 8.33. The Hall–Kier alpha value is -1.54. The summed E-state index contributed by atoms with van der Waals surface area (Å²) in [4.78, 5) is 12.6. The molecule has 144 valence electrons. The summed E-state index contributed by atoms with van der Waals surface area (Å²) in [5, 5.41) is -2.49. The molecule has 8 heteroatoms. The van der Waals surface area contributed by atoms with Gasteiger partial charge in [0.2, 0.25) is 0 Å². The highest BCUT2D eigenvalue weighted by Crippen LogP contribution is 2.55. The molecule has 0 bridgehead atoms. The van der Waals surface area contributed by atoms with Gasteiger partial charge in [-0.05, 0) is 39.8 Å². The minimum Gasteiger partial charge on any atom is -0.497 e. The predicted octanol–water partition coefficient (Wildman–Crippen LogP) is 4.68. The van der Waals surface area contributed by atoms with E-state index >= 15 is 0 Å². The average Bonchev–Trinajstić information content (AvgIpc) is 2.74. The summed E-state index contributed by atoms with van der Waals surface area (Å²) in [5.41, 5.74) is -1.71. The van der Waals surface area contributed by atoms with Crippen molar-refractivity contribution in [2.24, 2.45) is 0 Å². The lowest BCUT2D eigenvalue weighted by Crippen LogP contribution is -2.45. The van der Waals surface area contributed by atoms with E-state index in [0.29, 0.717) is 5.75 Å². The molecule has 4 nitrogen and oxygen atoms in total. The van der Waals surface area contributed by atoms with Gasteiger partial charge in [0, 0.05) is 12.0 Å². The molecule has 26 heavy (non-hydrogen) atoms. The second-order valence-electron chi connectivity index (χ2n) is 7.84. The van der Waals surface area contributed by atoms with Crippen molar-refractivity contribution in [3.05, 3.63) is 29.8 Å². The van der Waals surface area contributed by atoms with Gasteiger partial charge in [0.15, 0.2) is 5.78 Å². The fourth-order valence-corrected chi connectivity index (χ4v) is 2.65. The molecule has 0 amide bonds. The Labute approximate surface area is 152 Å². The highest BCUT2D eigenvalue weighted by molar-refractivity contribution is 6.50. The number of ether oxygens (including phenoxy) is 1. The van der Waals surface area contributed by atoms with Crippen LogP contribution in [-0.2, 0) is 9.31 Å². The lowest BCUT2D eigenvalue weighted by molar-refractivity contribution is -0.168. The van der Waals surface area contributed by atoms with Gasteiger partial charge in [0.05, 0.1) is 18.3 Å². The van der Waals surface area contributed by atoms with Crippen LogP contribution in [0.2, 0.25) is 5.31 Å². The van der Waals surface area contributed by atoms with Crippen molar-refractivity contribution in [2.45, 2.75) is 63.7 Å². The first kappa shape index (κ1) is 20.8. The Kier molecular flexibility index (Phi) is 5.25. The van der Waals surface area contributed by atoms with E-state index in [1.807, 2.05) is 0 Å². The van der Waals surface area contributed by atoms with Crippen LogP contribution in [0.4, 0.5) is 13.2 Å². The topological polar surface area (TPSA) is 44.8 Å². The van der Waals surface area contributed by atoms with Crippen LogP contribution in [0, 0.1) is 0 Å². The molecule has 0 unspecified atom stereocenters. The van der Waals surface area contributed by atoms with Crippen LogP contribution in [0.25, 0.3) is 0 Å². The average molecular weight is 372 g/mol. The maximum atomic E-state index is 13.9. The Morgan fingerprint density at radius 3 is 2.15 bits per heavy atom. The molecule has 0 spiro atoms. The van der Waals surface area contributed by atoms with Crippen molar-refractivity contribution < 1.29 is 32.0 Å². The fourth-order valence-electron chi connectivity index (χ4n) is 2.65. The number of ketones is 1. The van der Waals surface area contributed by atoms with Crippen LogP contribution in [-0.4, -0.2) is 37.4 Å².